The van der Waals surface area contributed by atoms with E-state index in [9.17, 15) is 19.2 Å². The fraction of sp³-hybridized carbons (Fsp3) is 0.429. The second-order valence-corrected chi connectivity index (χ2v) is 10.1. The van der Waals surface area contributed by atoms with Crippen LogP contribution < -0.4 is 16.4 Å². The first-order chi connectivity index (χ1) is 18.2. The van der Waals surface area contributed by atoms with Gasteiger partial charge in [-0.05, 0) is 58.7 Å². The number of nitrogens with two attached hydrogens (primary N) is 1. The molecule has 0 bridgehead atoms. The number of benzene rings is 2. The molecule has 2 rings (SSSR count). The zero-order valence-corrected chi connectivity index (χ0v) is 24.2. The monoisotopic (exact) mass is 636 g/mol. The number of amides is 4. The third-order valence-corrected chi connectivity index (χ3v) is 6.89. The largest absolute Gasteiger partial charge is 0.469 e. The maximum atomic E-state index is 13.8. The molecule has 0 fully saturated rings. The molecule has 38 heavy (non-hydrogen) atoms. The summed E-state index contributed by atoms with van der Waals surface area (Å²) >= 11 is 2.15. The van der Waals surface area contributed by atoms with E-state index < -0.39 is 29.9 Å². The first-order valence-corrected chi connectivity index (χ1v) is 13.9. The summed E-state index contributed by atoms with van der Waals surface area (Å²) in [4.78, 5) is 52.3. The molecular weight excluding hydrogens is 599 g/mol. The van der Waals surface area contributed by atoms with Gasteiger partial charge in [0.2, 0.25) is 5.91 Å². The lowest BCUT2D eigenvalue weighted by Gasteiger charge is -2.27. The quantitative estimate of drug-likeness (QED) is 0.125. The number of carbonyl (C=O) groups is 4. The van der Waals surface area contributed by atoms with E-state index in [1.807, 2.05) is 42.5 Å². The molecule has 2 aromatic rings. The molecule has 1 atom stereocenters. The average Bonchev–Trinajstić information content (AvgIpc) is 2.91. The summed E-state index contributed by atoms with van der Waals surface area (Å²) in [6.45, 7) is 2.65. The van der Waals surface area contributed by atoms with Crippen LogP contribution in [-0.2, 0) is 32.0 Å². The number of unbranched alkanes of at least 4 members (excludes halogenated alkanes) is 2. The molecule has 1 unspecified atom stereocenters. The minimum atomic E-state index is -0.990. The van der Waals surface area contributed by atoms with Crippen molar-refractivity contribution in [2.45, 2.75) is 57.9 Å². The molecule has 0 spiro atoms. The number of rotatable bonds is 14. The Labute approximate surface area is 238 Å². The van der Waals surface area contributed by atoms with Gasteiger partial charge in [-0.2, -0.15) is 0 Å². The maximum absolute atomic E-state index is 13.8. The minimum Gasteiger partial charge on any atom is -0.469 e. The number of hydrogen-bond acceptors (Lipinski definition) is 6. The lowest BCUT2D eigenvalue weighted by Crippen LogP contribution is -2.54. The smallest absolute Gasteiger partial charge is 0.324 e. The van der Waals surface area contributed by atoms with Crippen molar-refractivity contribution in [3.05, 3.63) is 63.2 Å². The van der Waals surface area contributed by atoms with Crippen molar-refractivity contribution in [1.82, 2.24) is 15.5 Å². The average molecular weight is 637 g/mol. The molecule has 0 heterocycles. The number of anilines is 1. The number of nitrogens with zero attached hydrogens (tertiary/aromatic N) is 1. The summed E-state index contributed by atoms with van der Waals surface area (Å²) in [5.41, 5.74) is 8.35. The Morgan fingerprint density at radius 2 is 1.76 bits per heavy atom. The number of hydrogen-bond donors (Lipinski definition) is 3. The van der Waals surface area contributed by atoms with E-state index >= 15 is 0 Å². The Hall–Kier alpha value is -3.15. The number of esters is 1. The summed E-state index contributed by atoms with van der Waals surface area (Å²) in [5.74, 6) is -1.50. The Morgan fingerprint density at radius 3 is 2.42 bits per heavy atom. The predicted molar refractivity (Wildman–Crippen MR) is 155 cm³/mol. The first-order valence-electron chi connectivity index (χ1n) is 12.8. The van der Waals surface area contributed by atoms with Crippen LogP contribution in [0.2, 0.25) is 0 Å². The van der Waals surface area contributed by atoms with E-state index in [0.29, 0.717) is 18.7 Å². The fourth-order valence-electron chi connectivity index (χ4n) is 3.77. The van der Waals surface area contributed by atoms with Gasteiger partial charge in [0.1, 0.15) is 6.04 Å². The van der Waals surface area contributed by atoms with Crippen LogP contribution in [0.25, 0.3) is 0 Å². The standard InChI is InChI=1S/C28H37IN4O5/c1-3-4-8-16-31-28(37)33(17-15-21-11-12-23(30)22(29)18-21)27(36)24(19-20-9-6-5-7-10-20)32-25(34)13-14-26(35)38-2/h5-7,9-12,18,24H,3-4,8,13-17,19,30H2,1-2H3,(H,31,37)(H,32,34). The number of nitrogens with one attached hydrogen (secondary N) is 2. The maximum Gasteiger partial charge on any atom is 0.324 e. The molecule has 2 aromatic carbocycles. The minimum absolute atomic E-state index is 0.105. The van der Waals surface area contributed by atoms with Crippen LogP contribution in [0.1, 0.15) is 50.2 Å². The fourth-order valence-corrected chi connectivity index (χ4v) is 4.35. The van der Waals surface area contributed by atoms with E-state index in [2.05, 4.69) is 44.9 Å². The van der Waals surface area contributed by atoms with E-state index in [4.69, 9.17) is 5.73 Å². The Kier molecular flexibility index (Phi) is 13.6. The molecule has 0 radical (unpaired) electrons. The molecule has 4 amide bonds. The number of carbonyl (C=O) groups excluding carboxylic acids is 4. The van der Waals surface area contributed by atoms with Crippen molar-refractivity contribution < 1.29 is 23.9 Å². The molecule has 9 nitrogen and oxygen atoms in total. The Balaban J connectivity index is 2.25. The van der Waals surface area contributed by atoms with Gasteiger partial charge in [-0.1, -0.05) is 56.2 Å². The van der Waals surface area contributed by atoms with Crippen molar-refractivity contribution in [1.29, 1.82) is 0 Å². The van der Waals surface area contributed by atoms with Gasteiger partial charge in [0.15, 0.2) is 0 Å². The molecule has 0 saturated carbocycles. The third-order valence-electron chi connectivity index (χ3n) is 5.96. The van der Waals surface area contributed by atoms with Gasteiger partial charge in [-0.25, -0.2) is 4.79 Å². The molecule has 0 saturated heterocycles. The molecular formula is C28H37IN4O5. The third kappa shape index (κ3) is 10.7. The zero-order valence-electron chi connectivity index (χ0n) is 22.0. The Bertz CT molecular complexity index is 1080. The van der Waals surface area contributed by atoms with E-state index in [1.165, 1.54) is 12.0 Å². The lowest BCUT2D eigenvalue weighted by atomic mass is 10.0. The first kappa shape index (κ1) is 31.1. The topological polar surface area (TPSA) is 131 Å². The highest BCUT2D eigenvalue weighted by Crippen LogP contribution is 2.17. The van der Waals surface area contributed by atoms with Gasteiger partial charge >= 0.3 is 12.0 Å². The summed E-state index contributed by atoms with van der Waals surface area (Å²) in [5, 5.41) is 5.58. The van der Waals surface area contributed by atoms with Gasteiger partial charge in [0.25, 0.3) is 5.91 Å². The van der Waals surface area contributed by atoms with Crippen molar-refractivity contribution in [2.24, 2.45) is 0 Å². The molecule has 4 N–H and O–H groups in total. The van der Waals surface area contributed by atoms with E-state index in [0.717, 1.165) is 34.0 Å². The highest BCUT2D eigenvalue weighted by atomic mass is 127. The van der Waals surface area contributed by atoms with Crippen LogP contribution in [0.15, 0.2) is 48.5 Å². The number of halogens is 1. The van der Waals surface area contributed by atoms with E-state index in [1.54, 1.807) is 6.07 Å². The van der Waals surface area contributed by atoms with Crippen LogP contribution in [-0.4, -0.2) is 55.0 Å². The molecule has 0 aromatic heterocycles. The Morgan fingerprint density at radius 1 is 1.03 bits per heavy atom. The van der Waals surface area contributed by atoms with Crippen LogP contribution in [0, 0.1) is 3.57 Å². The molecule has 10 heteroatoms. The van der Waals surface area contributed by atoms with Gasteiger partial charge in [0, 0.05) is 35.2 Å². The second kappa shape index (κ2) is 16.6. The predicted octanol–water partition coefficient (Wildman–Crippen LogP) is 3.83. The number of methoxy groups -OCH3 is 1. The summed E-state index contributed by atoms with van der Waals surface area (Å²) in [6.07, 6.45) is 3.17. The molecule has 0 aliphatic rings. The zero-order chi connectivity index (χ0) is 27.9. The van der Waals surface area contributed by atoms with Crippen molar-refractivity contribution in [3.63, 3.8) is 0 Å². The highest BCUT2D eigenvalue weighted by molar-refractivity contribution is 14.1. The van der Waals surface area contributed by atoms with E-state index in [-0.39, 0.29) is 25.8 Å². The van der Waals surface area contributed by atoms with Crippen molar-refractivity contribution in [2.75, 3.05) is 25.9 Å². The molecule has 0 aliphatic carbocycles. The number of nitrogen functional groups attached to an aromatic ring is 1. The van der Waals surface area contributed by atoms with Crippen LogP contribution >= 0.6 is 22.6 Å². The number of imide groups is 1. The normalized spacial score (nSPS) is 11.3. The van der Waals surface area contributed by atoms with Crippen molar-refractivity contribution in [3.8, 4) is 0 Å². The van der Waals surface area contributed by atoms with Gasteiger partial charge in [0.05, 0.1) is 13.5 Å². The summed E-state index contributed by atoms with van der Waals surface area (Å²) < 4.78 is 5.50. The molecule has 206 valence electrons. The number of urea groups is 1. The summed E-state index contributed by atoms with van der Waals surface area (Å²) in [6, 6.07) is 13.4. The van der Waals surface area contributed by atoms with Gasteiger partial charge in [-0.15, -0.1) is 0 Å². The van der Waals surface area contributed by atoms with Gasteiger partial charge in [-0.3, -0.25) is 19.3 Å². The van der Waals surface area contributed by atoms with Crippen LogP contribution in [0.5, 0.6) is 0 Å². The molecule has 0 aliphatic heterocycles. The van der Waals surface area contributed by atoms with Crippen LogP contribution in [0.4, 0.5) is 10.5 Å². The van der Waals surface area contributed by atoms with Crippen LogP contribution in [0.3, 0.4) is 0 Å². The number of ether oxygens (including phenoxy) is 1. The lowest BCUT2D eigenvalue weighted by molar-refractivity contribution is -0.142. The highest BCUT2D eigenvalue weighted by Gasteiger charge is 2.30. The SMILES string of the molecule is CCCCCNC(=O)N(CCc1ccc(N)c(I)c1)C(=O)C(Cc1ccccc1)NC(=O)CCC(=O)OC. The second-order valence-electron chi connectivity index (χ2n) is 8.92. The summed E-state index contributed by atoms with van der Waals surface area (Å²) in [7, 11) is 1.25. The van der Waals surface area contributed by atoms with Crippen molar-refractivity contribution >= 4 is 52.1 Å². The van der Waals surface area contributed by atoms with Gasteiger partial charge < -0.3 is 21.1 Å².